The maximum Gasteiger partial charge on any atom is 0.330 e. The van der Waals surface area contributed by atoms with Crippen LogP contribution in [0.5, 0.6) is 0 Å². The average Bonchev–Trinajstić information content (AvgIpc) is 2.83. The van der Waals surface area contributed by atoms with Gasteiger partial charge in [0, 0.05) is 17.9 Å². The first-order valence-electron chi connectivity index (χ1n) is 7.13. The molecule has 2 unspecified atom stereocenters. The van der Waals surface area contributed by atoms with Crippen LogP contribution in [-0.4, -0.2) is 35.2 Å². The predicted octanol–water partition coefficient (Wildman–Crippen LogP) is 2.37. The van der Waals surface area contributed by atoms with Gasteiger partial charge < -0.3 is 9.47 Å². The third kappa shape index (κ3) is 2.51. The number of methoxy groups -OCH3 is 1. The lowest BCUT2D eigenvalue weighted by molar-refractivity contribution is -0.140. The number of hydrogen-bond donors (Lipinski definition) is 1. The van der Waals surface area contributed by atoms with Gasteiger partial charge in [-0.1, -0.05) is 28.1 Å². The molecule has 1 saturated heterocycles. The van der Waals surface area contributed by atoms with Gasteiger partial charge in [0.25, 0.3) is 0 Å². The number of hydrazine groups is 1. The van der Waals surface area contributed by atoms with Gasteiger partial charge in [-0.15, -0.1) is 0 Å². The first-order valence-corrected chi connectivity index (χ1v) is 7.92. The van der Waals surface area contributed by atoms with E-state index in [1.165, 1.54) is 7.11 Å². The summed E-state index contributed by atoms with van der Waals surface area (Å²) in [5, 5.41) is 2.02. The Hall–Kier alpha value is -1.27. The SMILES string of the molecule is COC(=O)C1(Br)C=CC2=C(C)NN(C3CCCCO3)C2=C1. The molecule has 0 saturated carbocycles. The molecule has 3 aliphatic rings. The van der Waals surface area contributed by atoms with Crippen LogP contribution in [0.3, 0.4) is 0 Å². The summed E-state index contributed by atoms with van der Waals surface area (Å²) in [5.74, 6) is -0.334. The summed E-state index contributed by atoms with van der Waals surface area (Å²) in [6.45, 7) is 2.80. The lowest BCUT2D eigenvalue weighted by Crippen LogP contribution is -2.44. The van der Waals surface area contributed by atoms with Crippen molar-refractivity contribution in [3.8, 4) is 0 Å². The largest absolute Gasteiger partial charge is 0.467 e. The molecule has 0 spiro atoms. The van der Waals surface area contributed by atoms with Crippen molar-refractivity contribution in [2.24, 2.45) is 0 Å². The lowest BCUT2D eigenvalue weighted by Gasteiger charge is -2.35. The fraction of sp³-hybridized carbons (Fsp3) is 0.533. The monoisotopic (exact) mass is 354 g/mol. The Morgan fingerprint density at radius 3 is 3.05 bits per heavy atom. The number of fused-ring (bicyclic) bond motifs is 1. The molecule has 2 atom stereocenters. The van der Waals surface area contributed by atoms with Crippen LogP contribution in [0, 0.1) is 0 Å². The van der Waals surface area contributed by atoms with Gasteiger partial charge in [0.2, 0.25) is 0 Å². The first kappa shape index (κ1) is 14.7. The van der Waals surface area contributed by atoms with Gasteiger partial charge in [-0.05, 0) is 32.3 Å². The van der Waals surface area contributed by atoms with Gasteiger partial charge in [-0.25, -0.2) is 4.79 Å². The van der Waals surface area contributed by atoms with Crippen molar-refractivity contribution in [2.75, 3.05) is 13.7 Å². The zero-order valence-corrected chi connectivity index (χ0v) is 13.8. The topological polar surface area (TPSA) is 50.8 Å². The number of ether oxygens (including phenoxy) is 2. The van der Waals surface area contributed by atoms with Gasteiger partial charge in [0.1, 0.15) is 6.23 Å². The van der Waals surface area contributed by atoms with Crippen molar-refractivity contribution >= 4 is 21.9 Å². The summed E-state index contributed by atoms with van der Waals surface area (Å²) >= 11 is 3.47. The number of halogens is 1. The van der Waals surface area contributed by atoms with Gasteiger partial charge in [0.05, 0.1) is 12.8 Å². The number of nitrogens with zero attached hydrogens (tertiary/aromatic N) is 1. The van der Waals surface area contributed by atoms with E-state index in [4.69, 9.17) is 9.47 Å². The van der Waals surface area contributed by atoms with E-state index < -0.39 is 4.32 Å². The number of nitrogens with one attached hydrogen (secondary N) is 1. The zero-order chi connectivity index (χ0) is 15.0. The number of carbonyl (C=O) groups is 1. The highest BCUT2D eigenvalue weighted by Crippen LogP contribution is 2.39. The molecule has 21 heavy (non-hydrogen) atoms. The van der Waals surface area contributed by atoms with Crippen molar-refractivity contribution in [3.05, 3.63) is 35.2 Å². The first-order chi connectivity index (χ1) is 10.0. The summed E-state index contributed by atoms with van der Waals surface area (Å²) in [4.78, 5) is 12.0. The molecule has 2 heterocycles. The van der Waals surface area contributed by atoms with Crippen LogP contribution in [0.4, 0.5) is 0 Å². The van der Waals surface area contributed by atoms with Crippen LogP contribution >= 0.6 is 15.9 Å². The predicted molar refractivity (Wildman–Crippen MR) is 82.2 cm³/mol. The number of allylic oxidation sites excluding steroid dienone is 2. The van der Waals surface area contributed by atoms with Gasteiger partial charge in [-0.2, -0.15) is 0 Å². The second kappa shape index (κ2) is 5.50. The van der Waals surface area contributed by atoms with E-state index >= 15 is 0 Å². The third-order valence-electron chi connectivity index (χ3n) is 4.01. The average molecular weight is 355 g/mol. The van der Waals surface area contributed by atoms with E-state index in [0.29, 0.717) is 0 Å². The summed E-state index contributed by atoms with van der Waals surface area (Å²) in [5.41, 5.74) is 6.47. The van der Waals surface area contributed by atoms with Crippen molar-refractivity contribution < 1.29 is 14.3 Å². The molecule has 1 fully saturated rings. The molecule has 2 aliphatic heterocycles. The van der Waals surface area contributed by atoms with E-state index in [2.05, 4.69) is 21.4 Å². The number of hydrogen-bond acceptors (Lipinski definition) is 5. The summed E-state index contributed by atoms with van der Waals surface area (Å²) in [6, 6.07) is 0. The maximum absolute atomic E-state index is 12.0. The van der Waals surface area contributed by atoms with Crippen LogP contribution in [-0.2, 0) is 14.3 Å². The molecule has 0 bridgehead atoms. The lowest BCUT2D eigenvalue weighted by atomic mass is 9.96. The molecule has 3 rings (SSSR count). The highest BCUT2D eigenvalue weighted by Gasteiger charge is 2.40. The minimum atomic E-state index is -0.917. The molecule has 6 heteroatoms. The Bertz CT molecular complexity index is 549. The van der Waals surface area contributed by atoms with Crippen LogP contribution in [0.2, 0.25) is 0 Å². The highest BCUT2D eigenvalue weighted by atomic mass is 79.9. The second-order valence-electron chi connectivity index (χ2n) is 5.46. The Morgan fingerprint density at radius 1 is 1.57 bits per heavy atom. The zero-order valence-electron chi connectivity index (χ0n) is 12.2. The molecule has 0 aromatic rings. The fourth-order valence-electron chi connectivity index (χ4n) is 2.87. The molecular weight excluding hydrogens is 336 g/mol. The van der Waals surface area contributed by atoms with E-state index in [9.17, 15) is 4.79 Å². The molecule has 0 radical (unpaired) electrons. The van der Waals surface area contributed by atoms with Crippen LogP contribution in [0.25, 0.3) is 0 Å². The molecule has 5 nitrogen and oxygen atoms in total. The Balaban J connectivity index is 1.92. The van der Waals surface area contributed by atoms with Gasteiger partial charge in [0.15, 0.2) is 4.32 Å². The van der Waals surface area contributed by atoms with E-state index in [1.807, 2.05) is 30.2 Å². The molecule has 0 amide bonds. The van der Waals surface area contributed by atoms with E-state index in [0.717, 1.165) is 42.8 Å². The number of carbonyl (C=O) groups excluding carboxylic acids is 1. The smallest absolute Gasteiger partial charge is 0.330 e. The highest BCUT2D eigenvalue weighted by molar-refractivity contribution is 9.10. The third-order valence-corrected chi connectivity index (χ3v) is 4.83. The van der Waals surface area contributed by atoms with Crippen molar-refractivity contribution in [1.82, 2.24) is 10.4 Å². The Morgan fingerprint density at radius 2 is 2.38 bits per heavy atom. The van der Waals surface area contributed by atoms with Crippen molar-refractivity contribution in [3.63, 3.8) is 0 Å². The second-order valence-corrected chi connectivity index (χ2v) is 6.78. The summed E-state index contributed by atoms with van der Waals surface area (Å²) < 4.78 is 9.82. The van der Waals surface area contributed by atoms with Crippen LogP contribution in [0.1, 0.15) is 26.2 Å². The van der Waals surface area contributed by atoms with E-state index in [1.54, 1.807) is 0 Å². The van der Waals surface area contributed by atoms with E-state index in [-0.39, 0.29) is 12.2 Å². The van der Waals surface area contributed by atoms with Gasteiger partial charge >= 0.3 is 5.97 Å². The summed E-state index contributed by atoms with van der Waals surface area (Å²) in [7, 11) is 1.39. The number of esters is 1. The Labute approximate surface area is 132 Å². The quantitative estimate of drug-likeness (QED) is 0.609. The van der Waals surface area contributed by atoms with Crippen molar-refractivity contribution in [2.45, 2.75) is 36.7 Å². The molecule has 114 valence electrons. The number of alkyl halides is 1. The van der Waals surface area contributed by atoms with Gasteiger partial charge in [-0.3, -0.25) is 10.4 Å². The fourth-order valence-corrected chi connectivity index (χ4v) is 3.38. The minimum Gasteiger partial charge on any atom is -0.467 e. The molecule has 1 aliphatic carbocycles. The Kier molecular flexibility index (Phi) is 3.84. The molecule has 0 aromatic heterocycles. The summed E-state index contributed by atoms with van der Waals surface area (Å²) in [6.07, 6.45) is 8.88. The standard InChI is InChI=1S/C15H19BrN2O3/c1-10-11-6-7-15(16,14(19)20-2)9-12(11)18(17-10)13-5-3-4-8-21-13/h6-7,9,13,17H,3-5,8H2,1-2H3. The molecule has 0 aromatic carbocycles. The van der Waals surface area contributed by atoms with Crippen molar-refractivity contribution in [1.29, 1.82) is 0 Å². The number of rotatable bonds is 2. The van der Waals surface area contributed by atoms with Crippen LogP contribution < -0.4 is 5.43 Å². The normalized spacial score (nSPS) is 31.7. The molecular formula is C15H19BrN2O3. The maximum atomic E-state index is 12.0. The minimum absolute atomic E-state index is 0.00153. The molecule has 1 N–H and O–H groups in total. The van der Waals surface area contributed by atoms with Crippen LogP contribution in [0.15, 0.2) is 35.2 Å².